The average molecular weight is 361 g/mol. The second-order valence-electron chi connectivity index (χ2n) is 7.33. The van der Waals surface area contributed by atoms with E-state index in [4.69, 9.17) is 0 Å². The maximum atomic E-state index is 10.5. The molecular formula is C23H27N3O. The highest BCUT2D eigenvalue weighted by atomic mass is 16.3. The highest BCUT2D eigenvalue weighted by molar-refractivity contribution is 5.50. The van der Waals surface area contributed by atoms with Gasteiger partial charge in [0.2, 0.25) is 0 Å². The first kappa shape index (κ1) is 17.8. The van der Waals surface area contributed by atoms with Crippen LogP contribution in [-0.2, 0) is 13.0 Å². The predicted molar refractivity (Wildman–Crippen MR) is 110 cm³/mol. The molecule has 4 nitrogen and oxygen atoms in total. The van der Waals surface area contributed by atoms with E-state index in [0.29, 0.717) is 6.54 Å². The van der Waals surface area contributed by atoms with Gasteiger partial charge in [0.15, 0.2) is 0 Å². The zero-order valence-electron chi connectivity index (χ0n) is 15.6. The van der Waals surface area contributed by atoms with Crippen molar-refractivity contribution >= 4 is 5.69 Å². The fraction of sp³-hybridized carbons (Fsp3) is 0.304. The third kappa shape index (κ3) is 4.79. The number of hydrogen-bond acceptors (Lipinski definition) is 4. The molecule has 0 fully saturated rings. The molecule has 2 N–H and O–H groups in total. The summed E-state index contributed by atoms with van der Waals surface area (Å²) in [5.41, 5.74) is 5.03. The Kier molecular flexibility index (Phi) is 5.56. The first-order valence-electron chi connectivity index (χ1n) is 9.68. The second-order valence-corrected chi connectivity index (χ2v) is 7.33. The normalized spacial score (nSPS) is 18.0. The number of β-amino-alcohol motifs (C(OH)–C–C–N with tert-alkyl or cyclic N) is 1. The van der Waals surface area contributed by atoms with Crippen LogP contribution in [0, 0.1) is 0 Å². The first-order valence-corrected chi connectivity index (χ1v) is 9.68. The number of nitrogens with one attached hydrogen (secondary N) is 1. The molecule has 140 valence electrons. The summed E-state index contributed by atoms with van der Waals surface area (Å²) in [7, 11) is 0. The van der Waals surface area contributed by atoms with Crippen LogP contribution in [-0.4, -0.2) is 47.2 Å². The molecule has 2 aliphatic rings. The molecule has 2 aromatic rings. The molecule has 4 rings (SSSR count). The van der Waals surface area contributed by atoms with Gasteiger partial charge < -0.3 is 15.3 Å². The molecular weight excluding hydrogens is 334 g/mol. The Morgan fingerprint density at radius 1 is 0.963 bits per heavy atom. The Balaban J connectivity index is 1.24. The highest BCUT2D eigenvalue weighted by Crippen LogP contribution is 2.19. The van der Waals surface area contributed by atoms with Crippen LogP contribution in [0.15, 0.2) is 78.6 Å². The number of aliphatic hydroxyl groups excluding tert-OH is 1. The van der Waals surface area contributed by atoms with E-state index in [2.05, 4.69) is 69.9 Å². The van der Waals surface area contributed by atoms with Crippen LogP contribution in [0.4, 0.5) is 5.69 Å². The van der Waals surface area contributed by atoms with Crippen molar-refractivity contribution in [1.82, 2.24) is 9.80 Å². The van der Waals surface area contributed by atoms with Crippen molar-refractivity contribution in [1.29, 1.82) is 0 Å². The zero-order chi connectivity index (χ0) is 18.5. The summed E-state index contributed by atoms with van der Waals surface area (Å²) in [5.74, 6) is 0. The van der Waals surface area contributed by atoms with Crippen LogP contribution in [0.5, 0.6) is 0 Å². The molecule has 2 heterocycles. The number of hydrogen-bond donors (Lipinski definition) is 2. The Labute approximate surface area is 161 Å². The third-order valence-electron chi connectivity index (χ3n) is 5.20. The van der Waals surface area contributed by atoms with Gasteiger partial charge in [-0.15, -0.1) is 0 Å². The van der Waals surface area contributed by atoms with Gasteiger partial charge in [-0.2, -0.15) is 0 Å². The van der Waals surface area contributed by atoms with Gasteiger partial charge >= 0.3 is 0 Å². The minimum absolute atomic E-state index is 0.350. The second kappa shape index (κ2) is 8.42. The summed E-state index contributed by atoms with van der Waals surface area (Å²) in [4.78, 5) is 4.53. The predicted octanol–water partition coefficient (Wildman–Crippen LogP) is 3.23. The molecule has 0 spiro atoms. The van der Waals surface area contributed by atoms with Crippen molar-refractivity contribution in [2.75, 3.05) is 31.5 Å². The summed E-state index contributed by atoms with van der Waals surface area (Å²) < 4.78 is 0. The lowest BCUT2D eigenvalue weighted by molar-refractivity contribution is 0.0841. The van der Waals surface area contributed by atoms with Gasteiger partial charge in [0, 0.05) is 50.3 Å². The summed E-state index contributed by atoms with van der Waals surface area (Å²) in [5, 5.41) is 14.0. The minimum Gasteiger partial charge on any atom is -0.390 e. The largest absolute Gasteiger partial charge is 0.390 e. The van der Waals surface area contributed by atoms with Crippen molar-refractivity contribution < 1.29 is 5.11 Å². The Morgan fingerprint density at radius 2 is 1.74 bits per heavy atom. The van der Waals surface area contributed by atoms with Crippen molar-refractivity contribution in [2.45, 2.75) is 19.1 Å². The lowest BCUT2D eigenvalue weighted by Crippen LogP contribution is -2.41. The van der Waals surface area contributed by atoms with Gasteiger partial charge in [-0.3, -0.25) is 4.90 Å². The Morgan fingerprint density at radius 3 is 2.52 bits per heavy atom. The van der Waals surface area contributed by atoms with Crippen molar-refractivity contribution in [3.63, 3.8) is 0 Å². The molecule has 0 saturated heterocycles. The van der Waals surface area contributed by atoms with Crippen molar-refractivity contribution in [2.24, 2.45) is 0 Å². The number of rotatable bonds is 6. The lowest BCUT2D eigenvalue weighted by atomic mass is 10.00. The van der Waals surface area contributed by atoms with Gasteiger partial charge in [0.1, 0.15) is 0 Å². The zero-order valence-corrected chi connectivity index (χ0v) is 15.6. The van der Waals surface area contributed by atoms with Crippen LogP contribution in [0.2, 0.25) is 0 Å². The monoisotopic (exact) mass is 361 g/mol. The van der Waals surface area contributed by atoms with E-state index < -0.39 is 0 Å². The lowest BCUT2D eigenvalue weighted by Gasteiger charge is -2.32. The fourth-order valence-electron chi connectivity index (χ4n) is 3.78. The number of aliphatic hydroxyl groups is 1. The Bertz CT molecular complexity index is 815. The Hall–Kier alpha value is -2.56. The molecule has 0 aromatic heterocycles. The van der Waals surface area contributed by atoms with Crippen molar-refractivity contribution in [3.8, 4) is 0 Å². The van der Waals surface area contributed by atoms with E-state index in [9.17, 15) is 5.11 Å². The maximum Gasteiger partial charge on any atom is 0.0841 e. The van der Waals surface area contributed by atoms with Gasteiger partial charge in [-0.05, 0) is 41.8 Å². The van der Waals surface area contributed by atoms with Crippen LogP contribution < -0.4 is 5.32 Å². The van der Waals surface area contributed by atoms with E-state index in [1.165, 1.54) is 11.1 Å². The highest BCUT2D eigenvalue weighted by Gasteiger charge is 2.19. The molecule has 0 aliphatic carbocycles. The molecule has 0 unspecified atom stereocenters. The summed E-state index contributed by atoms with van der Waals surface area (Å²) >= 11 is 0. The van der Waals surface area contributed by atoms with Crippen LogP contribution in [0.25, 0.3) is 0 Å². The van der Waals surface area contributed by atoms with Crippen LogP contribution in [0.1, 0.15) is 11.1 Å². The summed E-state index contributed by atoms with van der Waals surface area (Å²) in [6.07, 6.45) is 7.03. The number of anilines is 1. The smallest absolute Gasteiger partial charge is 0.0841 e. The molecule has 1 atom stereocenters. The molecule has 2 aliphatic heterocycles. The maximum absolute atomic E-state index is 10.5. The number of benzene rings is 2. The first-order chi connectivity index (χ1) is 13.3. The van der Waals surface area contributed by atoms with Gasteiger partial charge in [-0.1, -0.05) is 42.5 Å². The number of nitrogens with zero attached hydrogens (tertiary/aromatic N) is 2. The van der Waals surface area contributed by atoms with E-state index in [-0.39, 0.29) is 6.10 Å². The van der Waals surface area contributed by atoms with E-state index >= 15 is 0 Å². The van der Waals surface area contributed by atoms with Crippen LogP contribution >= 0.6 is 0 Å². The van der Waals surface area contributed by atoms with Gasteiger partial charge in [0.25, 0.3) is 0 Å². The molecule has 0 amide bonds. The molecule has 0 radical (unpaired) electrons. The van der Waals surface area contributed by atoms with Gasteiger partial charge in [-0.25, -0.2) is 0 Å². The quantitative estimate of drug-likeness (QED) is 0.829. The minimum atomic E-state index is -0.350. The van der Waals surface area contributed by atoms with E-state index in [0.717, 1.165) is 44.0 Å². The SMILES string of the molecule is O[C@@H](CN1C=CC(Nc2ccccc2)=CC1)CN1CCc2ccccc2C1. The van der Waals surface area contributed by atoms with E-state index in [1.807, 2.05) is 18.2 Å². The number of fused-ring (bicyclic) bond motifs is 1. The molecule has 2 aromatic carbocycles. The average Bonchev–Trinajstić information content (AvgIpc) is 2.70. The molecule has 4 heteroatoms. The molecule has 0 bridgehead atoms. The van der Waals surface area contributed by atoms with Crippen LogP contribution in [0.3, 0.4) is 0 Å². The number of para-hydroxylation sites is 1. The van der Waals surface area contributed by atoms with E-state index in [1.54, 1.807) is 0 Å². The standard InChI is InChI=1S/C23H27N3O/c27-23(18-26-13-10-19-6-4-5-7-20(19)16-26)17-25-14-11-22(12-15-25)24-21-8-2-1-3-9-21/h1-9,11-12,14,23-24,27H,10,13,15-18H2/t23-/m0/s1. The summed E-state index contributed by atoms with van der Waals surface area (Å²) in [6, 6.07) is 18.8. The van der Waals surface area contributed by atoms with Crippen molar-refractivity contribution in [3.05, 3.63) is 89.8 Å². The topological polar surface area (TPSA) is 38.7 Å². The third-order valence-corrected chi connectivity index (χ3v) is 5.20. The fourth-order valence-corrected chi connectivity index (χ4v) is 3.78. The summed E-state index contributed by atoms with van der Waals surface area (Å²) in [6.45, 7) is 4.15. The number of allylic oxidation sites excluding steroid dienone is 1. The molecule has 27 heavy (non-hydrogen) atoms. The van der Waals surface area contributed by atoms with Gasteiger partial charge in [0.05, 0.1) is 6.10 Å². The molecule has 0 saturated carbocycles.